The van der Waals surface area contributed by atoms with E-state index < -0.39 is 0 Å². The first kappa shape index (κ1) is 11.6. The molecule has 2 aromatic rings. The zero-order valence-electron chi connectivity index (χ0n) is 9.80. The zero-order valence-corrected chi connectivity index (χ0v) is 9.80. The van der Waals surface area contributed by atoms with Gasteiger partial charge in [0.1, 0.15) is 5.75 Å². The lowest BCUT2D eigenvalue weighted by atomic mass is 10.1. The van der Waals surface area contributed by atoms with E-state index in [-0.39, 0.29) is 6.04 Å². The van der Waals surface area contributed by atoms with Gasteiger partial charge in [-0.05, 0) is 36.2 Å². The molecular formula is C14H16N2O. The lowest BCUT2D eigenvalue weighted by molar-refractivity contribution is 0.474. The predicted molar refractivity (Wildman–Crippen MR) is 67.6 cm³/mol. The van der Waals surface area contributed by atoms with Crippen LogP contribution in [0.5, 0.6) is 5.75 Å². The molecule has 88 valence electrons. The fourth-order valence-electron chi connectivity index (χ4n) is 1.63. The third-order valence-electron chi connectivity index (χ3n) is 2.73. The zero-order chi connectivity index (χ0) is 12.1. The number of aromatic hydroxyl groups is 1. The minimum Gasteiger partial charge on any atom is -0.508 e. The molecule has 0 bridgehead atoms. The molecule has 2 rings (SSSR count). The third-order valence-corrected chi connectivity index (χ3v) is 2.73. The minimum absolute atomic E-state index is 0.262. The van der Waals surface area contributed by atoms with Crippen LogP contribution >= 0.6 is 0 Å². The lowest BCUT2D eigenvalue weighted by Gasteiger charge is -2.13. The van der Waals surface area contributed by atoms with Gasteiger partial charge < -0.3 is 10.4 Å². The molecule has 0 fully saturated rings. The Balaban J connectivity index is 1.92. The van der Waals surface area contributed by atoms with Gasteiger partial charge in [-0.2, -0.15) is 0 Å². The molecule has 17 heavy (non-hydrogen) atoms. The molecule has 1 aromatic carbocycles. The lowest BCUT2D eigenvalue weighted by Crippen LogP contribution is -2.18. The molecule has 0 spiro atoms. The van der Waals surface area contributed by atoms with Crippen LogP contribution in [-0.2, 0) is 6.54 Å². The summed E-state index contributed by atoms with van der Waals surface area (Å²) in [4.78, 5) is 4.10. The quantitative estimate of drug-likeness (QED) is 0.845. The highest BCUT2D eigenvalue weighted by Gasteiger charge is 2.04. The number of hydrogen-bond donors (Lipinski definition) is 2. The van der Waals surface area contributed by atoms with Crippen LogP contribution in [0, 0.1) is 0 Å². The number of phenolic OH excluding ortho intramolecular Hbond substituents is 1. The summed E-state index contributed by atoms with van der Waals surface area (Å²) < 4.78 is 0. The van der Waals surface area contributed by atoms with Crippen LogP contribution in [0.2, 0.25) is 0 Å². The van der Waals surface area contributed by atoms with Crippen molar-refractivity contribution >= 4 is 0 Å². The van der Waals surface area contributed by atoms with E-state index in [0.29, 0.717) is 5.75 Å². The van der Waals surface area contributed by atoms with E-state index >= 15 is 0 Å². The topological polar surface area (TPSA) is 45.1 Å². The fraction of sp³-hybridized carbons (Fsp3) is 0.214. The molecule has 1 unspecified atom stereocenters. The summed E-state index contributed by atoms with van der Waals surface area (Å²) in [5, 5.41) is 12.6. The SMILES string of the molecule is CC(NCc1ccc(O)cc1)c1cccnc1. The molecular weight excluding hydrogens is 212 g/mol. The Kier molecular flexibility index (Phi) is 3.73. The normalized spacial score (nSPS) is 12.3. The van der Waals surface area contributed by atoms with E-state index in [4.69, 9.17) is 0 Å². The Bertz CT molecular complexity index is 453. The van der Waals surface area contributed by atoms with E-state index in [2.05, 4.69) is 23.3 Å². The Hall–Kier alpha value is -1.87. The first-order valence-electron chi connectivity index (χ1n) is 5.67. The summed E-state index contributed by atoms with van der Waals surface area (Å²) in [7, 11) is 0. The number of phenols is 1. The average Bonchev–Trinajstić information content (AvgIpc) is 2.39. The Morgan fingerprint density at radius 1 is 1.24 bits per heavy atom. The second-order valence-corrected chi connectivity index (χ2v) is 4.06. The van der Waals surface area contributed by atoms with Crippen molar-refractivity contribution in [1.29, 1.82) is 0 Å². The summed E-state index contributed by atoms with van der Waals surface area (Å²) in [6, 6.07) is 11.5. The van der Waals surface area contributed by atoms with Crippen molar-refractivity contribution in [3.05, 3.63) is 59.9 Å². The number of nitrogens with one attached hydrogen (secondary N) is 1. The van der Waals surface area contributed by atoms with Gasteiger partial charge in [0.15, 0.2) is 0 Å². The smallest absolute Gasteiger partial charge is 0.115 e. The molecule has 3 heteroatoms. The molecule has 1 heterocycles. The molecule has 0 aliphatic rings. The van der Waals surface area contributed by atoms with Crippen molar-refractivity contribution in [2.75, 3.05) is 0 Å². The Morgan fingerprint density at radius 2 is 2.00 bits per heavy atom. The molecule has 0 aliphatic heterocycles. The standard InChI is InChI=1S/C14H16N2O/c1-11(13-3-2-8-15-10-13)16-9-12-4-6-14(17)7-5-12/h2-8,10-11,16-17H,9H2,1H3. The number of aromatic nitrogens is 1. The molecule has 0 saturated carbocycles. The van der Waals surface area contributed by atoms with Gasteiger partial charge in [0, 0.05) is 25.0 Å². The third kappa shape index (κ3) is 3.29. The molecule has 0 radical (unpaired) electrons. The van der Waals surface area contributed by atoms with E-state index in [9.17, 15) is 5.11 Å². The second-order valence-electron chi connectivity index (χ2n) is 4.06. The van der Waals surface area contributed by atoms with E-state index in [0.717, 1.165) is 12.1 Å². The average molecular weight is 228 g/mol. The van der Waals surface area contributed by atoms with Crippen LogP contribution in [0.1, 0.15) is 24.1 Å². The maximum Gasteiger partial charge on any atom is 0.115 e. The monoisotopic (exact) mass is 228 g/mol. The first-order valence-corrected chi connectivity index (χ1v) is 5.67. The second kappa shape index (κ2) is 5.46. The van der Waals surface area contributed by atoms with Crippen molar-refractivity contribution in [2.45, 2.75) is 19.5 Å². The maximum atomic E-state index is 9.18. The van der Waals surface area contributed by atoms with Gasteiger partial charge in [-0.25, -0.2) is 0 Å². The highest BCUT2D eigenvalue weighted by molar-refractivity contribution is 5.26. The summed E-state index contributed by atoms with van der Waals surface area (Å²) in [5.74, 6) is 0.300. The van der Waals surface area contributed by atoms with Crippen molar-refractivity contribution in [2.24, 2.45) is 0 Å². The van der Waals surface area contributed by atoms with Gasteiger partial charge in [0.25, 0.3) is 0 Å². The van der Waals surface area contributed by atoms with Crippen molar-refractivity contribution in [3.8, 4) is 5.75 Å². The largest absolute Gasteiger partial charge is 0.508 e. The van der Waals surface area contributed by atoms with Gasteiger partial charge in [-0.3, -0.25) is 4.98 Å². The van der Waals surface area contributed by atoms with Crippen LogP contribution in [0.3, 0.4) is 0 Å². The van der Waals surface area contributed by atoms with Gasteiger partial charge in [-0.15, -0.1) is 0 Å². The summed E-state index contributed by atoms with van der Waals surface area (Å²) in [5.41, 5.74) is 2.32. The van der Waals surface area contributed by atoms with Crippen molar-refractivity contribution in [1.82, 2.24) is 10.3 Å². The van der Waals surface area contributed by atoms with Crippen LogP contribution in [0.4, 0.5) is 0 Å². The van der Waals surface area contributed by atoms with E-state index in [1.54, 1.807) is 18.3 Å². The fourth-order valence-corrected chi connectivity index (χ4v) is 1.63. The summed E-state index contributed by atoms with van der Waals surface area (Å²) in [6.07, 6.45) is 3.64. The first-order chi connectivity index (χ1) is 8.25. The number of rotatable bonds is 4. The van der Waals surface area contributed by atoms with Gasteiger partial charge in [0.2, 0.25) is 0 Å². The number of nitrogens with zero attached hydrogens (tertiary/aromatic N) is 1. The predicted octanol–water partition coefficient (Wildman–Crippen LogP) is 2.64. The van der Waals surface area contributed by atoms with Crippen molar-refractivity contribution < 1.29 is 5.11 Å². The van der Waals surface area contributed by atoms with Crippen LogP contribution in [0.15, 0.2) is 48.8 Å². The summed E-state index contributed by atoms with van der Waals surface area (Å²) in [6.45, 7) is 2.88. The van der Waals surface area contributed by atoms with E-state index in [1.807, 2.05) is 24.4 Å². The molecule has 3 nitrogen and oxygen atoms in total. The Labute approximate surface area is 101 Å². The number of benzene rings is 1. The molecule has 1 atom stereocenters. The number of hydrogen-bond acceptors (Lipinski definition) is 3. The molecule has 0 saturated heterocycles. The van der Waals surface area contributed by atoms with Crippen LogP contribution in [0.25, 0.3) is 0 Å². The highest BCUT2D eigenvalue weighted by atomic mass is 16.3. The van der Waals surface area contributed by atoms with Gasteiger partial charge >= 0.3 is 0 Å². The van der Waals surface area contributed by atoms with Crippen LogP contribution < -0.4 is 5.32 Å². The van der Waals surface area contributed by atoms with Gasteiger partial charge in [0.05, 0.1) is 0 Å². The Morgan fingerprint density at radius 3 is 2.65 bits per heavy atom. The maximum absolute atomic E-state index is 9.18. The minimum atomic E-state index is 0.262. The molecule has 1 aromatic heterocycles. The summed E-state index contributed by atoms with van der Waals surface area (Å²) >= 11 is 0. The molecule has 2 N–H and O–H groups in total. The van der Waals surface area contributed by atoms with E-state index in [1.165, 1.54) is 5.56 Å². The van der Waals surface area contributed by atoms with Crippen LogP contribution in [-0.4, -0.2) is 10.1 Å². The van der Waals surface area contributed by atoms with Crippen molar-refractivity contribution in [3.63, 3.8) is 0 Å². The van der Waals surface area contributed by atoms with Gasteiger partial charge in [-0.1, -0.05) is 18.2 Å². The number of pyridine rings is 1. The molecule has 0 aliphatic carbocycles. The highest BCUT2D eigenvalue weighted by Crippen LogP contribution is 2.13. The molecule has 0 amide bonds.